The highest BCUT2D eigenvalue weighted by Gasteiger charge is 2.34. The summed E-state index contributed by atoms with van der Waals surface area (Å²) in [5, 5.41) is 0. The second-order valence-electron chi connectivity index (χ2n) is 4.54. The van der Waals surface area contributed by atoms with Crippen molar-refractivity contribution in [2.24, 2.45) is 0 Å². The van der Waals surface area contributed by atoms with Crippen LogP contribution in [-0.4, -0.2) is 36.6 Å². The Balaban J connectivity index is 0.000000254. The number of methoxy groups -OCH3 is 2. The van der Waals surface area contributed by atoms with Crippen molar-refractivity contribution >= 4 is 37.6 Å². The number of pyridine rings is 2. The summed E-state index contributed by atoms with van der Waals surface area (Å²) in [7, 11) is 2.76. The highest BCUT2D eigenvalue weighted by molar-refractivity contribution is 9.10. The lowest BCUT2D eigenvalue weighted by atomic mass is 10.2. The highest BCUT2D eigenvalue weighted by Crippen LogP contribution is 2.25. The summed E-state index contributed by atoms with van der Waals surface area (Å²) < 4.78 is 24.1. The molecule has 0 amide bonds. The molecule has 5 nitrogen and oxygen atoms in total. The number of halogens is 3. The predicted molar refractivity (Wildman–Crippen MR) is 95.5 cm³/mol. The number of alkyl halides is 1. The van der Waals surface area contributed by atoms with Crippen molar-refractivity contribution in [3.05, 3.63) is 57.0 Å². The van der Waals surface area contributed by atoms with Gasteiger partial charge in [0.15, 0.2) is 5.78 Å². The zero-order valence-corrected chi connectivity index (χ0v) is 16.6. The Morgan fingerprint density at radius 1 is 1.08 bits per heavy atom. The number of carbonyl (C=O) groups is 1. The molecule has 0 unspecified atom stereocenters. The Morgan fingerprint density at radius 3 is 2.00 bits per heavy atom. The molecule has 130 valence electrons. The molecule has 0 fully saturated rings. The van der Waals surface area contributed by atoms with Crippen molar-refractivity contribution in [3.63, 3.8) is 0 Å². The maximum Gasteiger partial charge on any atom is 0.241 e. The Kier molecular flexibility index (Phi) is 8.61. The van der Waals surface area contributed by atoms with Crippen LogP contribution in [0, 0.1) is 0 Å². The number of nitrogens with zero attached hydrogens (tertiary/aromatic N) is 2. The maximum atomic E-state index is 12.8. The average molecular weight is 464 g/mol. The van der Waals surface area contributed by atoms with Gasteiger partial charge in [-0.15, -0.1) is 0 Å². The number of carbonyl (C=O) groups excluding carboxylic acids is 1. The van der Waals surface area contributed by atoms with Crippen molar-refractivity contribution in [3.8, 4) is 0 Å². The topological polar surface area (TPSA) is 61.3 Å². The molecule has 0 bridgehead atoms. The van der Waals surface area contributed by atoms with Crippen LogP contribution in [0.15, 0.2) is 45.6 Å². The maximum absolute atomic E-state index is 12.8. The number of aromatic nitrogens is 2. The van der Waals surface area contributed by atoms with E-state index >= 15 is 0 Å². The first kappa shape index (κ1) is 20.8. The number of hydrogen-bond acceptors (Lipinski definition) is 5. The number of ether oxygens (including phenoxy) is 2. The molecular weight excluding hydrogens is 447 g/mol. The molecule has 2 aromatic heterocycles. The largest absolute Gasteiger partial charge is 0.346 e. The number of ketones is 1. The highest BCUT2D eigenvalue weighted by atomic mass is 79.9. The molecule has 0 N–H and O–H groups in total. The average Bonchev–Trinajstić information content (AvgIpc) is 2.58. The second kappa shape index (κ2) is 9.93. The van der Waals surface area contributed by atoms with Crippen molar-refractivity contribution < 1.29 is 18.7 Å². The van der Waals surface area contributed by atoms with E-state index in [0.717, 1.165) is 0 Å². The van der Waals surface area contributed by atoms with Gasteiger partial charge in [0.2, 0.25) is 5.79 Å². The van der Waals surface area contributed by atoms with Gasteiger partial charge in [0.1, 0.15) is 27.3 Å². The van der Waals surface area contributed by atoms with Crippen LogP contribution in [0.1, 0.15) is 23.1 Å². The first-order valence-corrected chi connectivity index (χ1v) is 8.40. The van der Waals surface area contributed by atoms with Gasteiger partial charge < -0.3 is 9.47 Å². The Labute approximate surface area is 156 Å². The van der Waals surface area contributed by atoms with Crippen molar-refractivity contribution in [1.82, 2.24) is 9.97 Å². The van der Waals surface area contributed by atoms with Crippen LogP contribution >= 0.6 is 31.9 Å². The fraction of sp³-hybridized carbons (Fsp3) is 0.312. The van der Waals surface area contributed by atoms with E-state index in [9.17, 15) is 9.18 Å². The van der Waals surface area contributed by atoms with Crippen LogP contribution in [0.2, 0.25) is 0 Å². The van der Waals surface area contributed by atoms with Gasteiger partial charge in [-0.3, -0.25) is 4.79 Å². The Bertz CT molecular complexity index is 674. The molecule has 0 radical (unpaired) electrons. The quantitative estimate of drug-likeness (QED) is 0.375. The SMILES string of the molecule is CC(=O)c1cccc(Br)n1.COC(CF)(OC)c1cccc(Br)n1. The monoisotopic (exact) mass is 462 g/mol. The van der Waals surface area contributed by atoms with Gasteiger partial charge in [-0.25, -0.2) is 14.4 Å². The smallest absolute Gasteiger partial charge is 0.241 e. The molecule has 0 atom stereocenters. The molecule has 0 aliphatic rings. The summed E-state index contributed by atoms with van der Waals surface area (Å²) in [5.41, 5.74) is 0.897. The Morgan fingerprint density at radius 2 is 1.62 bits per heavy atom. The first-order valence-electron chi connectivity index (χ1n) is 6.81. The van der Waals surface area contributed by atoms with Crippen LogP contribution < -0.4 is 0 Å². The normalized spacial score (nSPS) is 10.8. The van der Waals surface area contributed by atoms with E-state index in [1.807, 2.05) is 0 Å². The van der Waals surface area contributed by atoms with E-state index in [1.54, 1.807) is 36.4 Å². The van der Waals surface area contributed by atoms with Gasteiger partial charge >= 0.3 is 0 Å². The summed E-state index contributed by atoms with van der Waals surface area (Å²) in [6, 6.07) is 10.4. The lowest BCUT2D eigenvalue weighted by Gasteiger charge is -2.26. The van der Waals surface area contributed by atoms with E-state index in [-0.39, 0.29) is 5.78 Å². The second-order valence-corrected chi connectivity index (χ2v) is 6.17. The molecule has 2 heterocycles. The zero-order chi connectivity index (χ0) is 18.2. The van der Waals surface area contributed by atoms with E-state index in [0.29, 0.717) is 20.6 Å². The lowest BCUT2D eigenvalue weighted by molar-refractivity contribution is -0.227. The summed E-state index contributed by atoms with van der Waals surface area (Å²) in [6.45, 7) is 0.707. The minimum atomic E-state index is -1.40. The summed E-state index contributed by atoms with van der Waals surface area (Å²) in [5.74, 6) is -1.41. The third-order valence-corrected chi connectivity index (χ3v) is 3.90. The summed E-state index contributed by atoms with van der Waals surface area (Å²) in [4.78, 5) is 18.7. The van der Waals surface area contributed by atoms with Crippen LogP contribution in [0.5, 0.6) is 0 Å². The molecule has 0 spiro atoms. The molecule has 0 aromatic carbocycles. The fourth-order valence-electron chi connectivity index (χ4n) is 1.69. The molecule has 24 heavy (non-hydrogen) atoms. The summed E-state index contributed by atoms with van der Waals surface area (Å²) >= 11 is 6.36. The molecule has 0 aliphatic carbocycles. The third-order valence-electron chi connectivity index (χ3n) is 3.02. The lowest BCUT2D eigenvalue weighted by Crippen LogP contribution is -2.34. The van der Waals surface area contributed by atoms with Crippen molar-refractivity contribution in [2.75, 3.05) is 20.9 Å². The predicted octanol–water partition coefficient (Wildman–Crippen LogP) is 4.31. The molecule has 0 aliphatic heterocycles. The van der Waals surface area contributed by atoms with Crippen LogP contribution in [0.3, 0.4) is 0 Å². The molecular formula is C16H17Br2FN2O3. The van der Waals surface area contributed by atoms with Crippen LogP contribution in [0.25, 0.3) is 0 Å². The zero-order valence-electron chi connectivity index (χ0n) is 13.4. The number of hydrogen-bond donors (Lipinski definition) is 0. The minimum absolute atomic E-state index is 0.0127. The molecule has 0 saturated carbocycles. The fourth-order valence-corrected chi connectivity index (χ4v) is 2.38. The van der Waals surface area contributed by atoms with E-state index in [1.165, 1.54) is 21.1 Å². The molecule has 8 heteroatoms. The van der Waals surface area contributed by atoms with Crippen molar-refractivity contribution in [2.45, 2.75) is 12.7 Å². The van der Waals surface area contributed by atoms with Gasteiger partial charge in [0.05, 0.1) is 0 Å². The van der Waals surface area contributed by atoms with Gasteiger partial charge in [0.25, 0.3) is 0 Å². The Hall–Kier alpha value is -1.22. The van der Waals surface area contributed by atoms with Gasteiger partial charge in [0, 0.05) is 21.1 Å². The van der Waals surface area contributed by atoms with Crippen LogP contribution in [0.4, 0.5) is 4.39 Å². The molecule has 0 saturated heterocycles. The summed E-state index contributed by atoms with van der Waals surface area (Å²) in [6.07, 6.45) is 0. The standard InChI is InChI=1S/C9H11BrFNO2.C7H6BrNO/c1-13-9(6-11,14-2)7-4-3-5-8(10)12-7;1-5(10)6-3-2-4-7(8)9-6/h3-5H,6H2,1-2H3;2-4H,1H3. The molecule has 2 aromatic rings. The van der Waals surface area contributed by atoms with Crippen molar-refractivity contribution in [1.29, 1.82) is 0 Å². The molecule has 2 rings (SSSR count). The third kappa shape index (κ3) is 5.70. The number of Topliss-reactive ketones (excluding diaryl/α,β-unsaturated/α-hetero) is 1. The van der Waals surface area contributed by atoms with E-state index in [2.05, 4.69) is 41.8 Å². The number of rotatable bonds is 5. The van der Waals surface area contributed by atoms with E-state index in [4.69, 9.17) is 9.47 Å². The van der Waals surface area contributed by atoms with Gasteiger partial charge in [-0.2, -0.15) is 0 Å². The van der Waals surface area contributed by atoms with Gasteiger partial charge in [-0.1, -0.05) is 12.1 Å². The van der Waals surface area contributed by atoms with Gasteiger partial charge in [-0.05, 0) is 56.1 Å². The minimum Gasteiger partial charge on any atom is -0.346 e. The van der Waals surface area contributed by atoms with Crippen LogP contribution in [-0.2, 0) is 15.3 Å². The van der Waals surface area contributed by atoms with E-state index < -0.39 is 12.5 Å². The first-order chi connectivity index (χ1) is 11.4.